The molecule has 2 aromatic carbocycles. The maximum absolute atomic E-state index is 13.2. The lowest BCUT2D eigenvalue weighted by molar-refractivity contribution is -0.140. The number of hydrogen-bond acceptors (Lipinski definition) is 4. The number of carbonyl (C=O) groups excluding carboxylic acids is 3. The Labute approximate surface area is 189 Å². The standard InChI is InChI=1S/C25H31N3O4/c1-4-26-23(29)16-32-21-11-9-20(10-12-21)27-25(31)22-14-18-7-5-6-8-19(18)15-28(22)24(30)13-17(2)3/h5-12,17,22H,4,13-16H2,1-3H3,(H,26,29)(H,27,31). The minimum Gasteiger partial charge on any atom is -0.484 e. The minimum atomic E-state index is -0.565. The molecule has 0 aliphatic carbocycles. The average molecular weight is 438 g/mol. The first-order valence-electron chi connectivity index (χ1n) is 11.0. The van der Waals surface area contributed by atoms with Crippen molar-refractivity contribution in [3.8, 4) is 5.75 Å². The largest absolute Gasteiger partial charge is 0.484 e. The molecule has 7 nitrogen and oxygen atoms in total. The topological polar surface area (TPSA) is 87.7 Å². The average Bonchev–Trinajstić information content (AvgIpc) is 2.77. The van der Waals surface area contributed by atoms with E-state index in [1.54, 1.807) is 29.2 Å². The van der Waals surface area contributed by atoms with Crippen LogP contribution in [0.3, 0.4) is 0 Å². The smallest absolute Gasteiger partial charge is 0.257 e. The maximum Gasteiger partial charge on any atom is 0.257 e. The van der Waals surface area contributed by atoms with Crippen molar-refractivity contribution in [2.24, 2.45) is 5.92 Å². The molecule has 0 radical (unpaired) electrons. The van der Waals surface area contributed by atoms with Gasteiger partial charge in [0.2, 0.25) is 11.8 Å². The molecule has 0 bridgehead atoms. The number of nitrogens with one attached hydrogen (secondary N) is 2. The van der Waals surface area contributed by atoms with Crippen molar-refractivity contribution in [3.63, 3.8) is 0 Å². The van der Waals surface area contributed by atoms with Gasteiger partial charge in [-0.3, -0.25) is 14.4 Å². The molecule has 2 aromatic rings. The van der Waals surface area contributed by atoms with Gasteiger partial charge in [-0.1, -0.05) is 38.1 Å². The summed E-state index contributed by atoms with van der Waals surface area (Å²) in [5.74, 6) is 0.342. The fourth-order valence-electron chi connectivity index (χ4n) is 3.74. The Hall–Kier alpha value is -3.35. The molecule has 1 aliphatic heterocycles. The lowest BCUT2D eigenvalue weighted by atomic mass is 9.92. The molecule has 0 saturated carbocycles. The van der Waals surface area contributed by atoms with E-state index in [0.717, 1.165) is 11.1 Å². The van der Waals surface area contributed by atoms with Gasteiger partial charge in [-0.15, -0.1) is 0 Å². The van der Waals surface area contributed by atoms with Gasteiger partial charge in [0.25, 0.3) is 5.91 Å². The normalized spacial score (nSPS) is 15.1. The molecule has 170 valence electrons. The Bertz CT molecular complexity index is 956. The molecule has 0 fully saturated rings. The van der Waals surface area contributed by atoms with E-state index in [1.165, 1.54) is 0 Å². The van der Waals surface area contributed by atoms with Crippen LogP contribution in [0.4, 0.5) is 5.69 Å². The monoisotopic (exact) mass is 437 g/mol. The number of rotatable bonds is 8. The number of amides is 3. The third-order valence-corrected chi connectivity index (χ3v) is 5.32. The van der Waals surface area contributed by atoms with Gasteiger partial charge < -0.3 is 20.3 Å². The second-order valence-electron chi connectivity index (χ2n) is 8.36. The number of fused-ring (bicyclic) bond motifs is 1. The second-order valence-corrected chi connectivity index (χ2v) is 8.36. The molecule has 1 heterocycles. The first kappa shape index (κ1) is 23.3. The van der Waals surface area contributed by atoms with E-state index in [2.05, 4.69) is 10.6 Å². The van der Waals surface area contributed by atoms with Gasteiger partial charge in [0.1, 0.15) is 11.8 Å². The number of ether oxygens (including phenoxy) is 1. The van der Waals surface area contributed by atoms with Crippen molar-refractivity contribution < 1.29 is 19.1 Å². The zero-order valence-electron chi connectivity index (χ0n) is 18.9. The highest BCUT2D eigenvalue weighted by molar-refractivity contribution is 5.97. The van der Waals surface area contributed by atoms with Gasteiger partial charge in [0, 0.05) is 31.6 Å². The quantitative estimate of drug-likeness (QED) is 0.664. The fraction of sp³-hybridized carbons (Fsp3) is 0.400. The third-order valence-electron chi connectivity index (χ3n) is 5.32. The van der Waals surface area contributed by atoms with Gasteiger partial charge in [0.15, 0.2) is 6.61 Å². The molecule has 1 atom stereocenters. The molecule has 3 amide bonds. The lowest BCUT2D eigenvalue weighted by Gasteiger charge is -2.36. The zero-order valence-corrected chi connectivity index (χ0v) is 18.9. The van der Waals surface area contributed by atoms with Crippen molar-refractivity contribution in [1.82, 2.24) is 10.2 Å². The summed E-state index contributed by atoms with van der Waals surface area (Å²) >= 11 is 0. The summed E-state index contributed by atoms with van der Waals surface area (Å²) in [5.41, 5.74) is 2.79. The van der Waals surface area contributed by atoms with Gasteiger partial charge in [-0.2, -0.15) is 0 Å². The highest BCUT2D eigenvalue weighted by Gasteiger charge is 2.34. The first-order valence-corrected chi connectivity index (χ1v) is 11.0. The summed E-state index contributed by atoms with van der Waals surface area (Å²) in [6, 6.07) is 14.2. The van der Waals surface area contributed by atoms with Crippen LogP contribution in [0.15, 0.2) is 48.5 Å². The van der Waals surface area contributed by atoms with Gasteiger partial charge in [0.05, 0.1) is 0 Å². The van der Waals surface area contributed by atoms with Crippen molar-refractivity contribution in [2.45, 2.75) is 46.2 Å². The van der Waals surface area contributed by atoms with Crippen LogP contribution in [-0.4, -0.2) is 41.8 Å². The van der Waals surface area contributed by atoms with Crippen molar-refractivity contribution in [3.05, 3.63) is 59.7 Å². The molecule has 3 rings (SSSR count). The second kappa shape index (κ2) is 10.8. The Morgan fingerprint density at radius 1 is 1.06 bits per heavy atom. The van der Waals surface area contributed by atoms with Crippen LogP contribution in [0.2, 0.25) is 0 Å². The van der Waals surface area contributed by atoms with E-state index in [0.29, 0.717) is 37.4 Å². The fourth-order valence-corrected chi connectivity index (χ4v) is 3.74. The molecule has 2 N–H and O–H groups in total. The lowest BCUT2D eigenvalue weighted by Crippen LogP contribution is -2.50. The van der Waals surface area contributed by atoms with Crippen molar-refractivity contribution in [2.75, 3.05) is 18.5 Å². The van der Waals surface area contributed by atoms with Crippen LogP contribution in [0.25, 0.3) is 0 Å². The summed E-state index contributed by atoms with van der Waals surface area (Å²) in [4.78, 5) is 39.3. The Morgan fingerprint density at radius 2 is 1.75 bits per heavy atom. The predicted molar refractivity (Wildman–Crippen MR) is 123 cm³/mol. The number of anilines is 1. The van der Waals surface area contributed by atoms with E-state index in [-0.39, 0.29) is 30.2 Å². The predicted octanol–water partition coefficient (Wildman–Crippen LogP) is 3.14. The van der Waals surface area contributed by atoms with Crippen LogP contribution >= 0.6 is 0 Å². The van der Waals surface area contributed by atoms with Crippen LogP contribution in [0, 0.1) is 5.92 Å². The highest BCUT2D eigenvalue weighted by Crippen LogP contribution is 2.26. The van der Waals surface area contributed by atoms with Crippen molar-refractivity contribution in [1.29, 1.82) is 0 Å². The van der Waals surface area contributed by atoms with E-state index in [4.69, 9.17) is 4.74 Å². The number of likely N-dealkylation sites (N-methyl/N-ethyl adjacent to an activating group) is 1. The molecular formula is C25H31N3O4. The molecule has 32 heavy (non-hydrogen) atoms. The van der Waals surface area contributed by atoms with E-state index < -0.39 is 6.04 Å². The Kier molecular flexibility index (Phi) is 7.87. The minimum absolute atomic E-state index is 0.0104. The summed E-state index contributed by atoms with van der Waals surface area (Å²) in [6.45, 7) is 6.77. The molecule has 0 spiro atoms. The highest BCUT2D eigenvalue weighted by atomic mass is 16.5. The van der Waals surface area contributed by atoms with Crippen LogP contribution in [0.5, 0.6) is 5.75 Å². The maximum atomic E-state index is 13.2. The third kappa shape index (κ3) is 6.09. The summed E-state index contributed by atoms with van der Waals surface area (Å²) in [6.07, 6.45) is 0.892. The van der Waals surface area contributed by atoms with Gasteiger partial charge in [-0.25, -0.2) is 0 Å². The molecule has 7 heteroatoms. The van der Waals surface area contributed by atoms with Crippen LogP contribution in [0.1, 0.15) is 38.3 Å². The molecule has 0 saturated heterocycles. The Morgan fingerprint density at radius 3 is 2.41 bits per heavy atom. The molecule has 1 unspecified atom stereocenters. The molecule has 0 aromatic heterocycles. The van der Waals surface area contributed by atoms with E-state index in [1.807, 2.05) is 45.0 Å². The SMILES string of the molecule is CCNC(=O)COc1ccc(NC(=O)C2Cc3ccccc3CN2C(=O)CC(C)C)cc1. The summed E-state index contributed by atoms with van der Waals surface area (Å²) < 4.78 is 5.44. The number of carbonyl (C=O) groups is 3. The summed E-state index contributed by atoms with van der Waals surface area (Å²) in [7, 11) is 0. The summed E-state index contributed by atoms with van der Waals surface area (Å²) in [5, 5.41) is 5.59. The van der Waals surface area contributed by atoms with Crippen LogP contribution < -0.4 is 15.4 Å². The molecular weight excluding hydrogens is 406 g/mol. The van der Waals surface area contributed by atoms with Gasteiger partial charge in [-0.05, 0) is 48.2 Å². The van der Waals surface area contributed by atoms with E-state index >= 15 is 0 Å². The van der Waals surface area contributed by atoms with Gasteiger partial charge >= 0.3 is 0 Å². The number of nitrogens with zero attached hydrogens (tertiary/aromatic N) is 1. The van der Waals surface area contributed by atoms with E-state index in [9.17, 15) is 14.4 Å². The number of benzene rings is 2. The van der Waals surface area contributed by atoms with Crippen LogP contribution in [-0.2, 0) is 27.3 Å². The van der Waals surface area contributed by atoms with Crippen molar-refractivity contribution >= 4 is 23.4 Å². The number of hydrogen-bond donors (Lipinski definition) is 2. The Balaban J connectivity index is 1.69. The molecule has 1 aliphatic rings. The zero-order chi connectivity index (χ0) is 23.1. The first-order chi connectivity index (χ1) is 15.4.